The average Bonchev–Trinajstić information content (AvgIpc) is 2.07. The van der Waals surface area contributed by atoms with E-state index < -0.39 is 0.564 Å². The summed E-state index contributed by atoms with van der Waals surface area (Å²) in [6.45, 7) is 7.44. The van der Waals surface area contributed by atoms with Gasteiger partial charge in [0.2, 0.25) is 0 Å². The second-order valence-corrected chi connectivity index (χ2v) is 40.7. The van der Waals surface area contributed by atoms with Crippen LogP contribution in [-0.4, -0.2) is 13.8 Å². The molecule has 0 rings (SSSR count). The summed E-state index contributed by atoms with van der Waals surface area (Å²) in [4.78, 5) is 0. The average molecular weight is 564 g/mol. The van der Waals surface area contributed by atoms with Gasteiger partial charge in [0.15, 0.2) is 0 Å². The number of halogens is 3. The van der Waals surface area contributed by atoms with Crippen molar-refractivity contribution in [3.63, 3.8) is 0 Å². The van der Waals surface area contributed by atoms with E-state index in [0.29, 0.717) is 0 Å². The standard InChI is InChI=1S/C10H19I3OSi/c1-10(2)9-14-7-5-3-4-6-8-15(11,12)13/h1,3-9H2,2H3. The van der Waals surface area contributed by atoms with Gasteiger partial charge in [-0.25, -0.2) is 0 Å². The predicted octanol–water partition coefficient (Wildman–Crippen LogP) is 5.38. The lowest BCUT2D eigenvalue weighted by molar-refractivity contribution is 0.151. The maximum absolute atomic E-state index is 5.45. The molecule has 0 spiro atoms. The lowest BCUT2D eigenvalue weighted by Crippen LogP contribution is -2.04. The predicted molar refractivity (Wildman–Crippen MR) is 96.7 cm³/mol. The van der Waals surface area contributed by atoms with Crippen LogP contribution in [-0.2, 0) is 4.74 Å². The molecule has 0 aliphatic carbocycles. The third-order valence-corrected chi connectivity index (χ3v) is 7.62. The third-order valence-electron chi connectivity index (χ3n) is 1.85. The van der Waals surface area contributed by atoms with Gasteiger partial charge in [-0.3, -0.25) is 0 Å². The van der Waals surface area contributed by atoms with Gasteiger partial charge in [-0.1, -0.05) is 96.8 Å². The molecule has 0 atom stereocenters. The van der Waals surface area contributed by atoms with Crippen LogP contribution in [0.4, 0.5) is 0 Å². The van der Waals surface area contributed by atoms with Crippen molar-refractivity contribution in [1.29, 1.82) is 0 Å². The summed E-state index contributed by atoms with van der Waals surface area (Å²) in [6, 6.07) is 1.43. The Hall–Kier alpha value is 2.11. The Morgan fingerprint density at radius 3 is 2.27 bits per heavy atom. The Bertz CT molecular complexity index is 180. The molecule has 0 saturated heterocycles. The summed E-state index contributed by atoms with van der Waals surface area (Å²) < 4.78 is 4.57. The molecule has 0 radical (unpaired) electrons. The molecule has 15 heavy (non-hydrogen) atoms. The van der Waals surface area contributed by atoms with E-state index in [1.54, 1.807) is 0 Å². The van der Waals surface area contributed by atoms with Crippen LogP contribution in [0.25, 0.3) is 0 Å². The van der Waals surface area contributed by atoms with E-state index in [-0.39, 0.29) is 0 Å². The zero-order valence-corrected chi connectivity index (χ0v) is 16.7. The van der Waals surface area contributed by atoms with Gasteiger partial charge in [0, 0.05) is 6.61 Å². The number of hydrogen-bond acceptors (Lipinski definition) is 1. The number of hydrogen-bond donors (Lipinski definition) is 0. The molecule has 90 valence electrons. The SMILES string of the molecule is C=C(C)COCCCCCC[Si](I)(I)I. The topological polar surface area (TPSA) is 9.23 Å². The molecule has 0 N–H and O–H groups in total. The van der Waals surface area contributed by atoms with Crippen LogP contribution in [0.5, 0.6) is 0 Å². The van der Waals surface area contributed by atoms with Crippen LogP contribution in [0.3, 0.4) is 0 Å². The minimum atomic E-state index is -0.880. The van der Waals surface area contributed by atoms with E-state index in [1.165, 1.54) is 31.7 Å². The molecular weight excluding hydrogens is 545 g/mol. The maximum Gasteiger partial charge on any atom is 0.253 e. The first-order valence-electron chi connectivity index (χ1n) is 5.20. The highest BCUT2D eigenvalue weighted by molar-refractivity contribution is 14.4. The Labute approximate surface area is 133 Å². The number of unbranched alkanes of at least 4 members (excludes halogenated alkanes) is 3. The van der Waals surface area contributed by atoms with Gasteiger partial charge in [0.05, 0.1) is 6.61 Å². The lowest BCUT2D eigenvalue weighted by Gasteiger charge is -2.08. The molecule has 0 aromatic heterocycles. The highest BCUT2D eigenvalue weighted by Crippen LogP contribution is 2.35. The van der Waals surface area contributed by atoms with E-state index in [1.807, 2.05) is 6.92 Å². The van der Waals surface area contributed by atoms with Gasteiger partial charge < -0.3 is 4.74 Å². The monoisotopic (exact) mass is 564 g/mol. The molecule has 1 nitrogen and oxygen atoms in total. The van der Waals surface area contributed by atoms with E-state index in [0.717, 1.165) is 18.8 Å². The molecule has 0 fully saturated rings. The first-order valence-corrected chi connectivity index (χ1v) is 16.8. The van der Waals surface area contributed by atoms with Crippen molar-refractivity contribution in [2.24, 2.45) is 0 Å². The molecule has 0 saturated carbocycles. The summed E-state index contributed by atoms with van der Waals surface area (Å²) in [5.41, 5.74) is 1.12. The molecule has 0 bridgehead atoms. The second kappa shape index (κ2) is 10.1. The fraction of sp³-hybridized carbons (Fsp3) is 0.800. The van der Waals surface area contributed by atoms with E-state index in [9.17, 15) is 0 Å². The molecule has 5 heteroatoms. The Balaban J connectivity index is 3.09. The Kier molecular flexibility index (Phi) is 11.5. The van der Waals surface area contributed by atoms with Crippen LogP contribution in [0.15, 0.2) is 12.2 Å². The maximum atomic E-state index is 5.45. The van der Waals surface area contributed by atoms with E-state index in [4.69, 9.17) is 4.74 Å². The van der Waals surface area contributed by atoms with Crippen LogP contribution < -0.4 is 0 Å². The quantitative estimate of drug-likeness (QED) is 0.120. The Morgan fingerprint density at radius 2 is 1.73 bits per heavy atom. The molecule has 0 aromatic carbocycles. The molecule has 0 aliphatic rings. The van der Waals surface area contributed by atoms with Crippen molar-refractivity contribution >= 4 is 66.0 Å². The first-order chi connectivity index (χ1) is 6.92. The van der Waals surface area contributed by atoms with Gasteiger partial charge in [0.25, 0.3) is 0.564 Å². The first kappa shape index (κ1) is 17.1. The van der Waals surface area contributed by atoms with Crippen LogP contribution in [0.1, 0.15) is 32.6 Å². The van der Waals surface area contributed by atoms with Gasteiger partial charge in [-0.15, -0.1) is 0 Å². The summed E-state index contributed by atoms with van der Waals surface area (Å²) in [5, 5.41) is 0. The summed E-state index contributed by atoms with van der Waals surface area (Å²) >= 11 is 7.91. The molecule has 0 unspecified atom stereocenters. The zero-order valence-electron chi connectivity index (χ0n) is 9.20. The molecular formula is C10H19I3OSi. The number of rotatable bonds is 9. The van der Waals surface area contributed by atoms with E-state index >= 15 is 0 Å². The van der Waals surface area contributed by atoms with Crippen LogP contribution >= 0.6 is 65.4 Å². The van der Waals surface area contributed by atoms with Crippen molar-refractivity contribution in [2.75, 3.05) is 13.2 Å². The van der Waals surface area contributed by atoms with Crippen LogP contribution in [0, 0.1) is 0 Å². The molecule has 0 heterocycles. The van der Waals surface area contributed by atoms with Crippen molar-refractivity contribution in [3.05, 3.63) is 12.2 Å². The molecule has 0 aliphatic heterocycles. The highest BCUT2D eigenvalue weighted by Gasteiger charge is 2.19. The van der Waals surface area contributed by atoms with Crippen LogP contribution in [0.2, 0.25) is 6.04 Å². The van der Waals surface area contributed by atoms with Crippen molar-refractivity contribution in [3.8, 4) is 0 Å². The third kappa shape index (κ3) is 16.1. The zero-order chi connectivity index (χ0) is 11.7. The molecule has 0 aromatic rings. The van der Waals surface area contributed by atoms with Gasteiger partial charge in [-0.05, 0) is 19.4 Å². The smallest absolute Gasteiger partial charge is 0.253 e. The summed E-state index contributed by atoms with van der Waals surface area (Å²) in [6.07, 6.45) is 5.26. The number of ether oxygens (including phenoxy) is 1. The van der Waals surface area contributed by atoms with E-state index in [2.05, 4.69) is 72.0 Å². The minimum absolute atomic E-state index is 0.727. The fourth-order valence-electron chi connectivity index (χ4n) is 1.13. The molecule has 0 amide bonds. The van der Waals surface area contributed by atoms with Crippen molar-refractivity contribution < 1.29 is 4.74 Å². The van der Waals surface area contributed by atoms with Gasteiger partial charge in [0.1, 0.15) is 0 Å². The second-order valence-electron chi connectivity index (χ2n) is 3.79. The minimum Gasteiger partial charge on any atom is -0.377 e. The summed E-state index contributed by atoms with van der Waals surface area (Å²) in [5.74, 6) is 0. The van der Waals surface area contributed by atoms with Crippen molar-refractivity contribution in [1.82, 2.24) is 0 Å². The van der Waals surface area contributed by atoms with Gasteiger partial charge >= 0.3 is 0 Å². The highest BCUT2D eigenvalue weighted by atomic mass is 127. The van der Waals surface area contributed by atoms with Gasteiger partial charge in [-0.2, -0.15) is 0 Å². The van der Waals surface area contributed by atoms with Crippen molar-refractivity contribution in [2.45, 2.75) is 38.7 Å². The lowest BCUT2D eigenvalue weighted by atomic mass is 10.2. The fourth-order valence-corrected chi connectivity index (χ4v) is 5.21. The largest absolute Gasteiger partial charge is 0.377 e. The summed E-state index contributed by atoms with van der Waals surface area (Å²) in [7, 11) is 0. The normalized spacial score (nSPS) is 11.7. The Morgan fingerprint density at radius 1 is 1.13 bits per heavy atom.